The molecular weight excluding hydrogens is 340 g/mol. The predicted octanol–water partition coefficient (Wildman–Crippen LogP) is 2.78. The number of hydrogen-bond donors (Lipinski definition) is 2. The molecule has 2 aliphatic carbocycles. The van der Waals surface area contributed by atoms with Crippen molar-refractivity contribution in [2.75, 3.05) is 32.8 Å². The third-order valence-electron chi connectivity index (χ3n) is 7.42. The summed E-state index contributed by atoms with van der Waals surface area (Å²) in [5.41, 5.74) is 1.63. The van der Waals surface area contributed by atoms with Crippen LogP contribution in [0, 0.1) is 11.3 Å². The highest BCUT2D eigenvalue weighted by Gasteiger charge is 2.57. The Balaban J connectivity index is 1.29. The zero-order valence-corrected chi connectivity index (χ0v) is 16.0. The third kappa shape index (κ3) is 3.10. The lowest BCUT2D eigenvalue weighted by molar-refractivity contribution is -0.123. The summed E-state index contributed by atoms with van der Waals surface area (Å²) in [6.45, 7) is 4.09. The summed E-state index contributed by atoms with van der Waals surface area (Å²) in [5.74, 6) is 2.21. The molecule has 2 N–H and O–H groups in total. The summed E-state index contributed by atoms with van der Waals surface area (Å²) in [7, 11) is 0. The smallest absolute Gasteiger partial charge is 0.223 e. The van der Waals surface area contributed by atoms with Crippen LogP contribution in [0.25, 0.3) is 0 Å². The first-order valence-corrected chi connectivity index (χ1v) is 10.6. The van der Waals surface area contributed by atoms with Crippen LogP contribution >= 0.6 is 0 Å². The van der Waals surface area contributed by atoms with Crippen molar-refractivity contribution in [3.8, 4) is 11.5 Å². The van der Waals surface area contributed by atoms with Gasteiger partial charge in [0.05, 0.1) is 0 Å². The first-order valence-electron chi connectivity index (χ1n) is 10.6. The lowest BCUT2D eigenvalue weighted by atomic mass is 9.78. The molecule has 146 valence electrons. The van der Waals surface area contributed by atoms with E-state index < -0.39 is 0 Å². The standard InChI is InChI=1S/C22H30N2O3/c25-20(17-14-21(17)7-9-23-10-8-21)24-15-22(5-1-2-6-22)16-3-4-18-19(13-16)27-12-11-26-18/h3-4,13,17,23H,1-2,5-12,14-15H2,(H,24,25). The minimum atomic E-state index is 0.0433. The molecule has 2 aliphatic heterocycles. The van der Waals surface area contributed by atoms with E-state index in [-0.39, 0.29) is 17.2 Å². The fraction of sp³-hybridized carbons (Fsp3) is 0.682. The minimum absolute atomic E-state index is 0.0433. The van der Waals surface area contributed by atoms with Crippen molar-refractivity contribution in [2.45, 2.75) is 50.4 Å². The molecule has 1 aromatic rings. The Morgan fingerprint density at radius 3 is 2.59 bits per heavy atom. The van der Waals surface area contributed by atoms with Crippen LogP contribution in [0.1, 0.15) is 50.5 Å². The van der Waals surface area contributed by atoms with Gasteiger partial charge in [0.2, 0.25) is 5.91 Å². The Labute approximate surface area is 161 Å². The van der Waals surface area contributed by atoms with E-state index in [1.54, 1.807) is 0 Å². The monoisotopic (exact) mass is 370 g/mol. The number of carbonyl (C=O) groups is 1. The maximum absolute atomic E-state index is 12.9. The molecule has 1 saturated heterocycles. The average molecular weight is 370 g/mol. The van der Waals surface area contributed by atoms with E-state index in [2.05, 4.69) is 22.8 Å². The van der Waals surface area contributed by atoms with Crippen LogP contribution in [0.4, 0.5) is 0 Å². The van der Waals surface area contributed by atoms with Crippen molar-refractivity contribution in [1.29, 1.82) is 0 Å². The Kier molecular flexibility index (Phi) is 4.30. The molecule has 4 aliphatic rings. The van der Waals surface area contributed by atoms with Gasteiger partial charge in [-0.05, 0) is 68.3 Å². The van der Waals surface area contributed by atoms with Gasteiger partial charge in [0.1, 0.15) is 13.2 Å². The van der Waals surface area contributed by atoms with Gasteiger partial charge < -0.3 is 20.1 Å². The Hall–Kier alpha value is -1.75. The van der Waals surface area contributed by atoms with E-state index in [1.807, 2.05) is 6.07 Å². The van der Waals surface area contributed by atoms with Gasteiger partial charge in [-0.1, -0.05) is 18.9 Å². The highest BCUT2D eigenvalue weighted by Crippen LogP contribution is 2.58. The number of nitrogens with one attached hydrogen (secondary N) is 2. The molecule has 0 radical (unpaired) electrons. The fourth-order valence-corrected chi connectivity index (χ4v) is 5.57. The number of amides is 1. The van der Waals surface area contributed by atoms with E-state index in [1.165, 1.54) is 18.4 Å². The first kappa shape index (κ1) is 17.4. The summed E-state index contributed by atoms with van der Waals surface area (Å²) in [5, 5.41) is 6.76. The van der Waals surface area contributed by atoms with Crippen LogP contribution in [-0.4, -0.2) is 38.8 Å². The van der Waals surface area contributed by atoms with Crippen molar-refractivity contribution >= 4 is 5.91 Å². The predicted molar refractivity (Wildman–Crippen MR) is 103 cm³/mol. The molecule has 0 aromatic heterocycles. The number of hydrogen-bond acceptors (Lipinski definition) is 4. The number of rotatable bonds is 4. The van der Waals surface area contributed by atoms with E-state index in [9.17, 15) is 4.79 Å². The van der Waals surface area contributed by atoms with Gasteiger partial charge in [-0.3, -0.25) is 4.79 Å². The van der Waals surface area contributed by atoms with Gasteiger partial charge in [-0.25, -0.2) is 0 Å². The molecule has 1 unspecified atom stereocenters. The van der Waals surface area contributed by atoms with E-state index in [0.29, 0.717) is 18.6 Å². The molecule has 3 fully saturated rings. The van der Waals surface area contributed by atoms with E-state index in [0.717, 1.165) is 63.2 Å². The zero-order valence-electron chi connectivity index (χ0n) is 16.0. The number of fused-ring (bicyclic) bond motifs is 1. The topological polar surface area (TPSA) is 59.6 Å². The Morgan fingerprint density at radius 2 is 1.81 bits per heavy atom. The summed E-state index contributed by atoms with van der Waals surface area (Å²) in [6.07, 6.45) is 8.10. The number of ether oxygens (including phenoxy) is 2. The van der Waals surface area contributed by atoms with Crippen molar-refractivity contribution in [1.82, 2.24) is 10.6 Å². The molecule has 2 saturated carbocycles. The van der Waals surface area contributed by atoms with Gasteiger partial charge in [-0.2, -0.15) is 0 Å². The second kappa shape index (κ2) is 6.69. The van der Waals surface area contributed by atoms with Crippen molar-refractivity contribution in [3.05, 3.63) is 23.8 Å². The summed E-state index contributed by atoms with van der Waals surface area (Å²) in [6, 6.07) is 6.37. The van der Waals surface area contributed by atoms with Gasteiger partial charge >= 0.3 is 0 Å². The number of benzene rings is 1. The molecule has 2 heterocycles. The summed E-state index contributed by atoms with van der Waals surface area (Å²) < 4.78 is 11.5. The van der Waals surface area contributed by atoms with Crippen LogP contribution in [0.5, 0.6) is 11.5 Å². The molecule has 1 amide bonds. The van der Waals surface area contributed by atoms with Crippen LogP contribution in [0.2, 0.25) is 0 Å². The lowest BCUT2D eigenvalue weighted by Crippen LogP contribution is -2.41. The molecule has 5 rings (SSSR count). The number of piperidine rings is 1. The Bertz CT molecular complexity index is 720. The second-order valence-corrected chi connectivity index (χ2v) is 8.93. The SMILES string of the molecule is O=C(NCC1(c2ccc3c(c2)OCCO3)CCCC1)C1CC12CCNCC2. The average Bonchev–Trinajstić information content (AvgIpc) is 3.18. The van der Waals surface area contributed by atoms with Crippen LogP contribution in [0.3, 0.4) is 0 Å². The quantitative estimate of drug-likeness (QED) is 0.856. The summed E-state index contributed by atoms with van der Waals surface area (Å²) in [4.78, 5) is 12.9. The zero-order chi connectivity index (χ0) is 18.3. The van der Waals surface area contributed by atoms with Crippen molar-refractivity contribution in [2.24, 2.45) is 11.3 Å². The van der Waals surface area contributed by atoms with Gasteiger partial charge in [0.25, 0.3) is 0 Å². The highest BCUT2D eigenvalue weighted by atomic mass is 16.6. The molecule has 27 heavy (non-hydrogen) atoms. The molecular formula is C22H30N2O3. The van der Waals surface area contributed by atoms with Gasteiger partial charge in [0.15, 0.2) is 11.5 Å². The molecule has 1 aromatic carbocycles. The fourth-order valence-electron chi connectivity index (χ4n) is 5.57. The maximum Gasteiger partial charge on any atom is 0.223 e. The van der Waals surface area contributed by atoms with Crippen LogP contribution in [0.15, 0.2) is 18.2 Å². The molecule has 1 atom stereocenters. The second-order valence-electron chi connectivity index (χ2n) is 8.93. The molecule has 1 spiro atoms. The third-order valence-corrected chi connectivity index (χ3v) is 7.42. The van der Waals surface area contributed by atoms with Crippen molar-refractivity contribution in [3.63, 3.8) is 0 Å². The highest BCUT2D eigenvalue weighted by molar-refractivity contribution is 5.82. The summed E-state index contributed by atoms with van der Waals surface area (Å²) >= 11 is 0. The van der Waals surface area contributed by atoms with Crippen LogP contribution in [-0.2, 0) is 10.2 Å². The lowest BCUT2D eigenvalue weighted by Gasteiger charge is -2.31. The Morgan fingerprint density at radius 1 is 1.07 bits per heavy atom. The maximum atomic E-state index is 12.9. The van der Waals surface area contributed by atoms with Gasteiger partial charge in [-0.15, -0.1) is 0 Å². The van der Waals surface area contributed by atoms with Crippen LogP contribution < -0.4 is 20.1 Å². The molecule has 5 heteroatoms. The van der Waals surface area contributed by atoms with E-state index in [4.69, 9.17) is 9.47 Å². The van der Waals surface area contributed by atoms with Crippen molar-refractivity contribution < 1.29 is 14.3 Å². The number of carbonyl (C=O) groups excluding carboxylic acids is 1. The first-order chi connectivity index (χ1) is 13.2. The molecule has 5 nitrogen and oxygen atoms in total. The minimum Gasteiger partial charge on any atom is -0.486 e. The molecule has 0 bridgehead atoms. The van der Waals surface area contributed by atoms with E-state index >= 15 is 0 Å². The van der Waals surface area contributed by atoms with Gasteiger partial charge in [0, 0.05) is 17.9 Å². The normalized spacial score (nSPS) is 27.3. The largest absolute Gasteiger partial charge is 0.486 e.